The number of ketones is 1. The molecule has 0 spiro atoms. The molecule has 0 radical (unpaired) electrons. The number of Topliss-reactive ketones (excluding diaryl/α,β-unsaturated/α-hetero) is 1. The van der Waals surface area contributed by atoms with Gasteiger partial charge >= 0.3 is 5.97 Å². The Balaban J connectivity index is 2.10. The molecule has 3 atom stereocenters. The van der Waals surface area contributed by atoms with Crippen molar-refractivity contribution in [3.8, 4) is 0 Å². The van der Waals surface area contributed by atoms with Gasteiger partial charge in [0.05, 0.1) is 6.04 Å². The maximum Gasteiger partial charge on any atom is 0.320 e. The summed E-state index contributed by atoms with van der Waals surface area (Å²) in [6.07, 6.45) is 1.35. The second kappa shape index (κ2) is 6.26. The average molecular weight is 290 g/mol. The molecule has 0 bridgehead atoms. The maximum atomic E-state index is 12.4. The summed E-state index contributed by atoms with van der Waals surface area (Å²) in [5, 5.41) is 15.3. The molecule has 0 saturated carbocycles. The van der Waals surface area contributed by atoms with Crippen molar-refractivity contribution in [3.63, 3.8) is 0 Å². The third-order valence-electron chi connectivity index (χ3n) is 3.87. The van der Waals surface area contributed by atoms with Crippen LogP contribution in [0.2, 0.25) is 0 Å². The summed E-state index contributed by atoms with van der Waals surface area (Å²) in [7, 11) is 0. The molecular formula is C16H22N2O3. The van der Waals surface area contributed by atoms with Crippen molar-refractivity contribution in [2.24, 2.45) is 0 Å². The lowest BCUT2D eigenvalue weighted by Gasteiger charge is -2.18. The number of benzene rings is 1. The van der Waals surface area contributed by atoms with Crippen LogP contribution in [-0.2, 0) is 11.2 Å². The first kappa shape index (κ1) is 15.5. The molecule has 0 aromatic heterocycles. The maximum absolute atomic E-state index is 12.4. The second-order valence-corrected chi connectivity index (χ2v) is 5.67. The summed E-state index contributed by atoms with van der Waals surface area (Å²) in [6.45, 7) is 5.60. The number of nitrogens with one attached hydrogen (secondary N) is 2. The monoisotopic (exact) mass is 290 g/mol. The van der Waals surface area contributed by atoms with Crippen LogP contribution in [0.4, 0.5) is 5.69 Å². The number of hydrogen-bond acceptors (Lipinski definition) is 4. The van der Waals surface area contributed by atoms with Crippen LogP contribution in [-0.4, -0.2) is 35.0 Å². The summed E-state index contributed by atoms with van der Waals surface area (Å²) in [5.74, 6) is -0.999. The second-order valence-electron chi connectivity index (χ2n) is 5.67. The lowest BCUT2D eigenvalue weighted by Crippen LogP contribution is -2.45. The van der Waals surface area contributed by atoms with Gasteiger partial charge in [-0.1, -0.05) is 6.92 Å². The van der Waals surface area contributed by atoms with E-state index < -0.39 is 18.1 Å². The van der Waals surface area contributed by atoms with E-state index in [9.17, 15) is 9.59 Å². The quantitative estimate of drug-likeness (QED) is 0.699. The lowest BCUT2D eigenvalue weighted by molar-refractivity contribution is -0.139. The van der Waals surface area contributed by atoms with E-state index in [-0.39, 0.29) is 5.78 Å². The van der Waals surface area contributed by atoms with Gasteiger partial charge in [0, 0.05) is 17.3 Å². The van der Waals surface area contributed by atoms with Crippen LogP contribution in [0, 0.1) is 0 Å². The van der Waals surface area contributed by atoms with Crippen LogP contribution >= 0.6 is 0 Å². The number of carboxylic acid groups (broad SMARTS) is 1. The zero-order valence-electron chi connectivity index (χ0n) is 12.6. The number of carboxylic acids is 1. The Kier molecular flexibility index (Phi) is 4.63. The molecule has 1 heterocycles. The minimum Gasteiger partial charge on any atom is -0.480 e. The fraction of sp³-hybridized carbons (Fsp3) is 0.500. The molecule has 21 heavy (non-hydrogen) atoms. The minimum atomic E-state index is -0.927. The van der Waals surface area contributed by atoms with E-state index in [2.05, 4.69) is 17.6 Å². The molecule has 1 aliphatic heterocycles. The van der Waals surface area contributed by atoms with Gasteiger partial charge in [-0.15, -0.1) is 0 Å². The highest BCUT2D eigenvalue weighted by Crippen LogP contribution is 2.26. The number of rotatable bonds is 6. The summed E-state index contributed by atoms with van der Waals surface area (Å²) < 4.78 is 0. The number of carbonyl (C=O) groups is 2. The summed E-state index contributed by atoms with van der Waals surface area (Å²) >= 11 is 0. The van der Waals surface area contributed by atoms with Crippen LogP contribution < -0.4 is 10.6 Å². The van der Waals surface area contributed by atoms with E-state index >= 15 is 0 Å². The predicted octanol–water partition coefficient (Wildman–Crippen LogP) is 2.07. The highest BCUT2D eigenvalue weighted by Gasteiger charge is 2.24. The zero-order chi connectivity index (χ0) is 15.6. The fourth-order valence-electron chi connectivity index (χ4n) is 2.69. The molecule has 1 aliphatic rings. The third kappa shape index (κ3) is 3.42. The van der Waals surface area contributed by atoms with Crippen LogP contribution in [0.5, 0.6) is 0 Å². The normalized spacial score (nSPS) is 19.5. The molecule has 0 amide bonds. The molecular weight excluding hydrogens is 268 g/mol. The van der Waals surface area contributed by atoms with Gasteiger partial charge < -0.3 is 10.4 Å². The predicted molar refractivity (Wildman–Crippen MR) is 81.9 cm³/mol. The molecule has 3 N–H and O–H groups in total. The van der Waals surface area contributed by atoms with Crippen molar-refractivity contribution in [2.75, 3.05) is 5.32 Å². The molecule has 0 aliphatic carbocycles. The number of hydrogen-bond donors (Lipinski definition) is 3. The summed E-state index contributed by atoms with van der Waals surface area (Å²) in [5.41, 5.74) is 2.85. The SMILES string of the molecule is CCC(NC(C)C(=O)c1ccc2c(c1)CC(C)N2)C(=O)O. The summed E-state index contributed by atoms with van der Waals surface area (Å²) in [6, 6.07) is 4.81. The molecule has 5 nitrogen and oxygen atoms in total. The van der Waals surface area contributed by atoms with Gasteiger partial charge in [0.15, 0.2) is 5.78 Å². The average Bonchev–Trinajstić information content (AvgIpc) is 2.82. The highest BCUT2D eigenvalue weighted by atomic mass is 16.4. The first-order chi connectivity index (χ1) is 9.92. The Labute approximate surface area is 124 Å². The van der Waals surface area contributed by atoms with Gasteiger partial charge in [0.25, 0.3) is 0 Å². The van der Waals surface area contributed by atoms with Crippen LogP contribution in [0.3, 0.4) is 0 Å². The van der Waals surface area contributed by atoms with E-state index in [1.807, 2.05) is 12.1 Å². The van der Waals surface area contributed by atoms with Crippen molar-refractivity contribution in [1.29, 1.82) is 0 Å². The van der Waals surface area contributed by atoms with Gasteiger partial charge in [-0.25, -0.2) is 0 Å². The Morgan fingerprint density at radius 3 is 2.81 bits per heavy atom. The highest BCUT2D eigenvalue weighted by molar-refractivity contribution is 6.00. The molecule has 1 aromatic carbocycles. The standard InChI is InChI=1S/C16H22N2O3/c1-4-13(16(20)21)18-10(3)15(19)11-5-6-14-12(8-11)7-9(2)17-14/h5-6,8-10,13,17-18H,4,7H2,1-3H3,(H,20,21). The number of aliphatic carboxylic acids is 1. The van der Waals surface area contributed by atoms with Crippen LogP contribution in [0.1, 0.15) is 43.1 Å². The largest absolute Gasteiger partial charge is 0.480 e. The van der Waals surface area contributed by atoms with Gasteiger partial charge in [-0.3, -0.25) is 14.9 Å². The number of anilines is 1. The molecule has 114 valence electrons. The third-order valence-corrected chi connectivity index (χ3v) is 3.87. The van der Waals surface area contributed by atoms with E-state index in [1.165, 1.54) is 0 Å². The van der Waals surface area contributed by atoms with Crippen molar-refractivity contribution in [3.05, 3.63) is 29.3 Å². The molecule has 1 aromatic rings. The number of fused-ring (bicyclic) bond motifs is 1. The van der Waals surface area contributed by atoms with E-state index in [4.69, 9.17) is 5.11 Å². The van der Waals surface area contributed by atoms with Gasteiger partial charge in [-0.2, -0.15) is 0 Å². The Morgan fingerprint density at radius 1 is 1.48 bits per heavy atom. The molecule has 3 unspecified atom stereocenters. The van der Waals surface area contributed by atoms with Gasteiger partial charge in [0.2, 0.25) is 0 Å². The Hall–Kier alpha value is -1.88. The topological polar surface area (TPSA) is 78.4 Å². The van der Waals surface area contributed by atoms with Crippen molar-refractivity contribution in [2.45, 2.75) is 51.7 Å². The Morgan fingerprint density at radius 2 is 2.19 bits per heavy atom. The fourth-order valence-corrected chi connectivity index (χ4v) is 2.69. The molecule has 5 heteroatoms. The van der Waals surface area contributed by atoms with Gasteiger partial charge in [-0.05, 0) is 50.5 Å². The van der Waals surface area contributed by atoms with Crippen molar-refractivity contribution >= 4 is 17.4 Å². The van der Waals surface area contributed by atoms with Crippen molar-refractivity contribution < 1.29 is 14.7 Å². The lowest BCUT2D eigenvalue weighted by atomic mass is 10.00. The van der Waals surface area contributed by atoms with E-state index in [0.717, 1.165) is 17.7 Å². The first-order valence-corrected chi connectivity index (χ1v) is 7.35. The van der Waals surface area contributed by atoms with Gasteiger partial charge in [0.1, 0.15) is 6.04 Å². The molecule has 0 saturated heterocycles. The Bertz CT molecular complexity index is 556. The number of carbonyl (C=O) groups excluding carboxylic acids is 1. The minimum absolute atomic E-state index is 0.0722. The zero-order valence-corrected chi connectivity index (χ0v) is 12.6. The smallest absolute Gasteiger partial charge is 0.320 e. The van der Waals surface area contributed by atoms with Crippen LogP contribution in [0.15, 0.2) is 18.2 Å². The first-order valence-electron chi connectivity index (χ1n) is 7.35. The molecule has 2 rings (SSSR count). The van der Waals surface area contributed by atoms with E-state index in [1.54, 1.807) is 19.9 Å². The van der Waals surface area contributed by atoms with E-state index in [0.29, 0.717) is 18.0 Å². The molecule has 0 fully saturated rings. The van der Waals surface area contributed by atoms with Crippen molar-refractivity contribution in [1.82, 2.24) is 5.32 Å². The van der Waals surface area contributed by atoms with Crippen LogP contribution in [0.25, 0.3) is 0 Å². The summed E-state index contributed by atoms with van der Waals surface area (Å²) in [4.78, 5) is 23.5.